The third kappa shape index (κ3) is 3.63. The Balaban J connectivity index is 1.95. The van der Waals surface area contributed by atoms with E-state index < -0.39 is 0 Å². The molecule has 100 valence electrons. The molecule has 0 aromatic heterocycles. The molecular weight excluding hydrogens is 242 g/mol. The highest BCUT2D eigenvalue weighted by atomic mass is 16.5. The van der Waals surface area contributed by atoms with Crippen LogP contribution in [-0.2, 0) is 0 Å². The molecule has 4 heteroatoms. The molecule has 0 fully saturated rings. The molecule has 3 N–H and O–H groups in total. The molecule has 0 spiro atoms. The van der Waals surface area contributed by atoms with Gasteiger partial charge in [-0.15, -0.1) is 0 Å². The summed E-state index contributed by atoms with van der Waals surface area (Å²) in [7, 11) is 1.62. The Bertz CT molecular complexity index is 525. The van der Waals surface area contributed by atoms with Gasteiger partial charge in [0.2, 0.25) is 0 Å². The molecule has 2 rings (SSSR count). The van der Waals surface area contributed by atoms with Crippen LogP contribution in [0.25, 0.3) is 0 Å². The SMILES string of the molecule is COc1ccc(C(N)COc2cccc(O)c2)cc1. The van der Waals surface area contributed by atoms with Crippen molar-refractivity contribution in [2.24, 2.45) is 5.73 Å². The van der Waals surface area contributed by atoms with E-state index in [-0.39, 0.29) is 11.8 Å². The summed E-state index contributed by atoms with van der Waals surface area (Å²) in [6, 6.07) is 14.0. The first-order valence-corrected chi connectivity index (χ1v) is 6.00. The van der Waals surface area contributed by atoms with Crippen LogP contribution in [0.15, 0.2) is 48.5 Å². The fourth-order valence-electron chi connectivity index (χ4n) is 1.71. The van der Waals surface area contributed by atoms with Crippen molar-refractivity contribution in [2.45, 2.75) is 6.04 Å². The lowest BCUT2D eigenvalue weighted by Gasteiger charge is -2.14. The van der Waals surface area contributed by atoms with Crippen molar-refractivity contribution in [3.8, 4) is 17.2 Å². The van der Waals surface area contributed by atoms with Gasteiger partial charge in [0.1, 0.15) is 23.9 Å². The summed E-state index contributed by atoms with van der Waals surface area (Å²) < 4.78 is 10.6. The summed E-state index contributed by atoms with van der Waals surface area (Å²) in [5.74, 6) is 1.57. The zero-order chi connectivity index (χ0) is 13.7. The zero-order valence-corrected chi connectivity index (χ0v) is 10.7. The fourth-order valence-corrected chi connectivity index (χ4v) is 1.71. The second-order valence-electron chi connectivity index (χ2n) is 4.19. The van der Waals surface area contributed by atoms with Crippen molar-refractivity contribution in [3.63, 3.8) is 0 Å². The number of hydrogen-bond acceptors (Lipinski definition) is 4. The van der Waals surface area contributed by atoms with Gasteiger partial charge in [-0.2, -0.15) is 0 Å². The summed E-state index contributed by atoms with van der Waals surface area (Å²) >= 11 is 0. The molecule has 19 heavy (non-hydrogen) atoms. The molecule has 1 unspecified atom stereocenters. The number of nitrogens with two attached hydrogens (primary N) is 1. The monoisotopic (exact) mass is 259 g/mol. The average Bonchev–Trinajstić information content (AvgIpc) is 2.45. The Labute approximate surface area is 112 Å². The van der Waals surface area contributed by atoms with Gasteiger partial charge >= 0.3 is 0 Å². The Morgan fingerprint density at radius 3 is 2.47 bits per heavy atom. The van der Waals surface area contributed by atoms with Crippen LogP contribution < -0.4 is 15.2 Å². The van der Waals surface area contributed by atoms with Gasteiger partial charge in [0.15, 0.2) is 0 Å². The zero-order valence-electron chi connectivity index (χ0n) is 10.7. The molecule has 0 amide bonds. The molecule has 0 aliphatic heterocycles. The minimum absolute atomic E-state index is 0.176. The lowest BCUT2D eigenvalue weighted by Crippen LogP contribution is -2.18. The van der Waals surface area contributed by atoms with Crippen molar-refractivity contribution in [1.29, 1.82) is 0 Å². The van der Waals surface area contributed by atoms with Crippen LogP contribution in [0, 0.1) is 0 Å². The van der Waals surface area contributed by atoms with Gasteiger partial charge < -0.3 is 20.3 Å². The van der Waals surface area contributed by atoms with E-state index in [1.807, 2.05) is 24.3 Å². The second kappa shape index (κ2) is 6.11. The smallest absolute Gasteiger partial charge is 0.123 e. The minimum Gasteiger partial charge on any atom is -0.508 e. The van der Waals surface area contributed by atoms with Gasteiger partial charge in [-0.25, -0.2) is 0 Å². The molecule has 0 saturated carbocycles. The molecule has 0 aliphatic rings. The van der Waals surface area contributed by atoms with Crippen molar-refractivity contribution < 1.29 is 14.6 Å². The van der Waals surface area contributed by atoms with Crippen LogP contribution in [0.4, 0.5) is 0 Å². The van der Waals surface area contributed by atoms with E-state index in [1.165, 1.54) is 0 Å². The molecular formula is C15H17NO3. The van der Waals surface area contributed by atoms with E-state index in [1.54, 1.807) is 31.4 Å². The van der Waals surface area contributed by atoms with E-state index in [4.69, 9.17) is 15.2 Å². The number of methoxy groups -OCH3 is 1. The van der Waals surface area contributed by atoms with Gasteiger partial charge in [0.05, 0.1) is 13.2 Å². The van der Waals surface area contributed by atoms with E-state index in [2.05, 4.69) is 0 Å². The van der Waals surface area contributed by atoms with Gasteiger partial charge in [-0.3, -0.25) is 0 Å². The van der Waals surface area contributed by atoms with Crippen molar-refractivity contribution in [3.05, 3.63) is 54.1 Å². The Morgan fingerprint density at radius 2 is 1.84 bits per heavy atom. The summed E-state index contributed by atoms with van der Waals surface area (Å²) in [4.78, 5) is 0. The molecule has 0 bridgehead atoms. The largest absolute Gasteiger partial charge is 0.508 e. The van der Waals surface area contributed by atoms with Crippen molar-refractivity contribution in [2.75, 3.05) is 13.7 Å². The molecule has 0 saturated heterocycles. The summed E-state index contributed by atoms with van der Waals surface area (Å²) in [6.07, 6.45) is 0. The van der Waals surface area contributed by atoms with Crippen LogP contribution in [-0.4, -0.2) is 18.8 Å². The molecule has 4 nitrogen and oxygen atoms in total. The maximum atomic E-state index is 9.33. The molecule has 0 radical (unpaired) electrons. The highest BCUT2D eigenvalue weighted by Gasteiger charge is 2.07. The quantitative estimate of drug-likeness (QED) is 0.865. The Hall–Kier alpha value is -2.20. The topological polar surface area (TPSA) is 64.7 Å². The van der Waals surface area contributed by atoms with Crippen LogP contribution in [0.3, 0.4) is 0 Å². The van der Waals surface area contributed by atoms with Crippen LogP contribution in [0.2, 0.25) is 0 Å². The second-order valence-corrected chi connectivity index (χ2v) is 4.19. The predicted molar refractivity (Wildman–Crippen MR) is 73.5 cm³/mol. The number of benzene rings is 2. The van der Waals surface area contributed by atoms with Gasteiger partial charge in [-0.1, -0.05) is 18.2 Å². The number of hydrogen-bond donors (Lipinski definition) is 2. The third-order valence-corrected chi connectivity index (χ3v) is 2.79. The van der Waals surface area contributed by atoms with Crippen LogP contribution >= 0.6 is 0 Å². The number of rotatable bonds is 5. The number of aromatic hydroxyl groups is 1. The van der Waals surface area contributed by atoms with Gasteiger partial charge in [0.25, 0.3) is 0 Å². The first-order chi connectivity index (χ1) is 9.19. The highest BCUT2D eigenvalue weighted by molar-refractivity contribution is 5.32. The number of ether oxygens (including phenoxy) is 2. The van der Waals surface area contributed by atoms with E-state index >= 15 is 0 Å². The number of phenolic OH excluding ortho intramolecular Hbond substituents is 1. The predicted octanol–water partition coefficient (Wildman–Crippen LogP) is 2.48. The van der Waals surface area contributed by atoms with Gasteiger partial charge in [0, 0.05) is 6.07 Å². The van der Waals surface area contributed by atoms with Crippen molar-refractivity contribution in [1.82, 2.24) is 0 Å². The summed E-state index contributed by atoms with van der Waals surface area (Å²) in [5, 5.41) is 9.33. The first kappa shape index (κ1) is 13.2. The fraction of sp³-hybridized carbons (Fsp3) is 0.200. The maximum absolute atomic E-state index is 9.33. The summed E-state index contributed by atoms with van der Waals surface area (Å²) in [6.45, 7) is 0.343. The van der Waals surface area contributed by atoms with E-state index in [9.17, 15) is 5.11 Å². The standard InChI is InChI=1S/C15H17NO3/c1-18-13-7-5-11(6-8-13)15(16)10-19-14-4-2-3-12(17)9-14/h2-9,15,17H,10,16H2,1H3. The average molecular weight is 259 g/mol. The maximum Gasteiger partial charge on any atom is 0.123 e. The number of phenols is 1. The first-order valence-electron chi connectivity index (χ1n) is 6.00. The molecule has 2 aromatic carbocycles. The molecule has 0 aliphatic carbocycles. The lowest BCUT2D eigenvalue weighted by atomic mass is 10.1. The van der Waals surface area contributed by atoms with Gasteiger partial charge in [-0.05, 0) is 29.8 Å². The Kier molecular flexibility index (Phi) is 4.26. The normalized spacial score (nSPS) is 11.9. The molecule has 0 heterocycles. The lowest BCUT2D eigenvalue weighted by molar-refractivity contribution is 0.289. The van der Waals surface area contributed by atoms with E-state index in [0.717, 1.165) is 11.3 Å². The molecule has 2 aromatic rings. The summed E-state index contributed by atoms with van der Waals surface area (Å²) in [5.41, 5.74) is 7.02. The molecule has 1 atom stereocenters. The Morgan fingerprint density at radius 1 is 1.11 bits per heavy atom. The van der Waals surface area contributed by atoms with Crippen molar-refractivity contribution >= 4 is 0 Å². The minimum atomic E-state index is -0.228. The highest BCUT2D eigenvalue weighted by Crippen LogP contribution is 2.20. The third-order valence-electron chi connectivity index (χ3n) is 2.79. The van der Waals surface area contributed by atoms with Crippen LogP contribution in [0.5, 0.6) is 17.2 Å². The van der Waals surface area contributed by atoms with Crippen LogP contribution in [0.1, 0.15) is 11.6 Å². The van der Waals surface area contributed by atoms with E-state index in [0.29, 0.717) is 12.4 Å².